The maximum absolute atomic E-state index is 7.56. The van der Waals surface area contributed by atoms with Crippen LogP contribution in [0.15, 0.2) is 0 Å². The second-order valence-corrected chi connectivity index (χ2v) is 7.65. The van der Waals surface area contributed by atoms with Gasteiger partial charge in [-0.05, 0) is 23.6 Å². The molecular weight excluding hydrogens is 384 g/mol. The molecule has 0 saturated carbocycles. The molecule has 0 unspecified atom stereocenters. The standard InChI is InChI=1S/2C4H9.2H3O3PS.Zn/c2*1-3-4-2;2*1-4(2,3)5;/h2*3H,4H2,1-2H3;2*(H3,1,2,3,5);/q2*-1;;;+2. The molecule has 0 aromatic carbocycles. The van der Waals surface area contributed by atoms with Crippen molar-refractivity contribution in [1.29, 1.82) is 0 Å². The van der Waals surface area contributed by atoms with Crippen molar-refractivity contribution in [2.75, 3.05) is 0 Å². The van der Waals surface area contributed by atoms with Crippen LogP contribution in [-0.2, 0) is 43.1 Å². The predicted octanol–water partition coefficient (Wildman–Crippen LogP) is 1.61. The molecule has 0 aliphatic rings. The monoisotopic (exact) mass is 406 g/mol. The van der Waals surface area contributed by atoms with E-state index in [0.29, 0.717) is 0 Å². The average Bonchev–Trinajstić information content (AvgIpc) is 2.12. The van der Waals surface area contributed by atoms with E-state index in [1.165, 1.54) is 12.8 Å². The van der Waals surface area contributed by atoms with E-state index in [-0.39, 0.29) is 19.5 Å². The van der Waals surface area contributed by atoms with Gasteiger partial charge in [-0.1, -0.05) is 13.8 Å². The molecule has 0 fully saturated rings. The summed E-state index contributed by atoms with van der Waals surface area (Å²) in [6.45, 7) is 0.750. The number of hydrogen-bond donors (Lipinski definition) is 6. The molecule has 6 N–H and O–H groups in total. The summed E-state index contributed by atoms with van der Waals surface area (Å²) < 4.78 is 0. The maximum atomic E-state index is 7.56. The van der Waals surface area contributed by atoms with E-state index < -0.39 is 13.4 Å². The Balaban J connectivity index is -0.0000000453. The van der Waals surface area contributed by atoms with Crippen LogP contribution < -0.4 is 0 Å². The minimum absolute atomic E-state index is 0. The van der Waals surface area contributed by atoms with Crippen LogP contribution in [0.2, 0.25) is 0 Å². The number of hydrogen-bond acceptors (Lipinski definition) is 2. The number of rotatable bonds is 2. The first-order valence-electron chi connectivity index (χ1n) is 4.95. The molecule has 0 bridgehead atoms. The van der Waals surface area contributed by atoms with Crippen molar-refractivity contribution in [3.8, 4) is 0 Å². The average molecular weight is 408 g/mol. The Morgan fingerprint density at radius 1 is 0.737 bits per heavy atom. The van der Waals surface area contributed by atoms with Gasteiger partial charge in [-0.2, -0.15) is 26.7 Å². The zero-order valence-corrected chi connectivity index (χ0v) is 18.1. The Labute approximate surface area is 139 Å². The van der Waals surface area contributed by atoms with Crippen LogP contribution in [0.1, 0.15) is 40.5 Å². The SMILES string of the molecule is C[CH-]CC.C[CH-]CC.OP(O)(O)=S.OP(O)(O)=S.[Zn+2]. The van der Waals surface area contributed by atoms with Crippen molar-refractivity contribution in [1.82, 2.24) is 0 Å². The molecule has 0 aliphatic heterocycles. The minimum Gasteiger partial charge on any atom is -0.332 e. The topological polar surface area (TPSA) is 121 Å². The Morgan fingerprint density at radius 3 is 0.789 bits per heavy atom. The Kier molecular flexibility index (Phi) is 37.7. The fourth-order valence-electron chi connectivity index (χ4n) is 0. The van der Waals surface area contributed by atoms with Gasteiger partial charge in [0.2, 0.25) is 0 Å². The third-order valence-corrected chi connectivity index (χ3v) is 0.816. The summed E-state index contributed by atoms with van der Waals surface area (Å²) >= 11 is 7.21. The predicted molar refractivity (Wildman–Crippen MR) is 82.4 cm³/mol. The summed E-state index contributed by atoms with van der Waals surface area (Å²) in [5, 5.41) is 0. The van der Waals surface area contributed by atoms with Gasteiger partial charge in [-0.15, -0.1) is 0 Å². The Morgan fingerprint density at radius 2 is 0.789 bits per heavy atom. The molecule has 0 spiro atoms. The van der Waals surface area contributed by atoms with Crippen molar-refractivity contribution in [3.05, 3.63) is 12.8 Å². The summed E-state index contributed by atoms with van der Waals surface area (Å²) in [5.41, 5.74) is 0. The fourth-order valence-corrected chi connectivity index (χ4v) is 0. The summed E-state index contributed by atoms with van der Waals surface area (Å²) in [7, 11) is 0. The van der Waals surface area contributed by atoms with E-state index in [0.717, 1.165) is 0 Å². The van der Waals surface area contributed by atoms with Gasteiger partial charge < -0.3 is 42.2 Å². The molecule has 11 heteroatoms. The number of unbranched alkanes of at least 4 members (excludes halogenated alkanes) is 2. The quantitative estimate of drug-likeness (QED) is 0.232. The molecule has 6 nitrogen and oxygen atoms in total. The molecule has 116 valence electrons. The van der Waals surface area contributed by atoms with E-state index in [9.17, 15) is 0 Å². The molecule has 19 heavy (non-hydrogen) atoms. The largest absolute Gasteiger partial charge is 2.00 e. The van der Waals surface area contributed by atoms with Gasteiger partial charge in [0.05, 0.1) is 0 Å². The van der Waals surface area contributed by atoms with Crippen molar-refractivity contribution >= 4 is 37.1 Å². The molecule has 0 aliphatic carbocycles. The van der Waals surface area contributed by atoms with E-state index >= 15 is 0 Å². The molecule has 0 amide bonds. The van der Waals surface area contributed by atoms with Crippen LogP contribution >= 0.6 is 13.4 Å². The van der Waals surface area contributed by atoms with Crippen LogP contribution in [0.25, 0.3) is 0 Å². The van der Waals surface area contributed by atoms with E-state index in [4.69, 9.17) is 29.4 Å². The first-order valence-corrected chi connectivity index (χ1v) is 10.3. The van der Waals surface area contributed by atoms with Crippen LogP contribution in [0, 0.1) is 12.8 Å². The molecule has 0 atom stereocenters. The van der Waals surface area contributed by atoms with Crippen LogP contribution in [-0.4, -0.2) is 29.4 Å². The first-order chi connectivity index (χ1) is 7.83. The summed E-state index contributed by atoms with van der Waals surface area (Å²) in [5.74, 6) is 0. The van der Waals surface area contributed by atoms with Crippen LogP contribution in [0.3, 0.4) is 0 Å². The van der Waals surface area contributed by atoms with E-state index in [1.807, 2.05) is 0 Å². The summed E-state index contributed by atoms with van der Waals surface area (Å²) in [4.78, 5) is 45.3. The van der Waals surface area contributed by atoms with Crippen LogP contribution in [0.4, 0.5) is 0 Å². The fraction of sp³-hybridized carbons (Fsp3) is 0.750. The van der Waals surface area contributed by atoms with E-state index in [2.05, 4.69) is 64.2 Å². The van der Waals surface area contributed by atoms with Gasteiger partial charge in [0.15, 0.2) is 0 Å². The van der Waals surface area contributed by atoms with Gasteiger partial charge >= 0.3 is 32.9 Å². The zero-order valence-electron chi connectivity index (χ0n) is 11.7. The molecule has 0 aromatic heterocycles. The van der Waals surface area contributed by atoms with Crippen molar-refractivity contribution in [2.24, 2.45) is 0 Å². The third kappa shape index (κ3) is 454. The molecule has 0 aromatic rings. The maximum Gasteiger partial charge on any atom is 2.00 e. The van der Waals surface area contributed by atoms with Crippen LogP contribution in [0.5, 0.6) is 0 Å². The molecule has 0 heterocycles. The third-order valence-electron chi connectivity index (χ3n) is 0.816. The van der Waals surface area contributed by atoms with Gasteiger partial charge in [0.1, 0.15) is 0 Å². The zero-order chi connectivity index (χ0) is 15.8. The minimum atomic E-state index is -3.81. The normalized spacial score (nSPS) is 9.37. The van der Waals surface area contributed by atoms with Gasteiger partial charge in [0, 0.05) is 0 Å². The molecule has 0 saturated heterocycles. The molecule has 0 radical (unpaired) electrons. The molecule has 0 rings (SSSR count). The summed E-state index contributed by atoms with van der Waals surface area (Å²) in [6.07, 6.45) is 6.64. The summed E-state index contributed by atoms with van der Waals surface area (Å²) in [6, 6.07) is 0. The van der Waals surface area contributed by atoms with Crippen molar-refractivity contribution in [3.63, 3.8) is 0 Å². The van der Waals surface area contributed by atoms with Crippen molar-refractivity contribution in [2.45, 2.75) is 40.5 Å². The smallest absolute Gasteiger partial charge is 0.332 e. The second-order valence-electron chi connectivity index (χ2n) is 2.66. The van der Waals surface area contributed by atoms with Crippen molar-refractivity contribution < 1.29 is 48.8 Å². The molecular formula is C8H24O6P2S2Zn. The van der Waals surface area contributed by atoms with Gasteiger partial charge in [-0.25, -0.2) is 0 Å². The van der Waals surface area contributed by atoms with Gasteiger partial charge in [-0.3, -0.25) is 0 Å². The Hall–Kier alpha value is 1.68. The first kappa shape index (κ1) is 32.6. The Bertz CT molecular complexity index is 189. The van der Waals surface area contributed by atoms with E-state index in [1.54, 1.807) is 0 Å². The second kappa shape index (κ2) is 22.0. The van der Waals surface area contributed by atoms with Gasteiger partial charge in [0.25, 0.3) is 0 Å².